The Kier molecular flexibility index (Phi) is 3.14. The van der Waals surface area contributed by atoms with Crippen molar-refractivity contribution >= 4 is 5.95 Å². The Morgan fingerprint density at radius 3 is 2.50 bits per heavy atom. The molecule has 1 saturated carbocycles. The van der Waals surface area contributed by atoms with Crippen molar-refractivity contribution in [2.75, 3.05) is 25.5 Å². The van der Waals surface area contributed by atoms with Gasteiger partial charge < -0.3 is 15.2 Å². The minimum atomic E-state index is -0.0699. The van der Waals surface area contributed by atoms with E-state index in [0.717, 1.165) is 18.7 Å². The Morgan fingerprint density at radius 2 is 2.00 bits per heavy atom. The van der Waals surface area contributed by atoms with E-state index < -0.39 is 0 Å². The maximum Gasteiger partial charge on any atom is 0.265 e. The predicted octanol–water partition coefficient (Wildman–Crippen LogP) is 1.30. The Balaban J connectivity index is 2.25. The van der Waals surface area contributed by atoms with Crippen LogP contribution >= 0.6 is 0 Å². The van der Waals surface area contributed by atoms with Gasteiger partial charge in [-0.1, -0.05) is 19.3 Å². The van der Waals surface area contributed by atoms with Gasteiger partial charge in [0, 0.05) is 20.6 Å². The highest BCUT2D eigenvalue weighted by Crippen LogP contribution is 2.38. The molecule has 0 aromatic carbocycles. The molecule has 1 fully saturated rings. The van der Waals surface area contributed by atoms with E-state index >= 15 is 0 Å². The summed E-state index contributed by atoms with van der Waals surface area (Å²) >= 11 is 0. The third kappa shape index (κ3) is 1.91. The standard InChI is InChI=1S/C11H20N4O/c1-15(2)10-13-9(16-14-10)11(8-12)6-4-3-5-7-11/h3-8,12H2,1-2H3. The second-order valence-corrected chi connectivity index (χ2v) is 4.84. The molecule has 1 aromatic rings. The first-order valence-electron chi connectivity index (χ1n) is 5.89. The van der Waals surface area contributed by atoms with Gasteiger partial charge in [-0.05, 0) is 18.0 Å². The molecule has 1 aliphatic carbocycles. The van der Waals surface area contributed by atoms with Crippen LogP contribution in [0, 0.1) is 0 Å². The van der Waals surface area contributed by atoms with Gasteiger partial charge in [0.1, 0.15) is 0 Å². The van der Waals surface area contributed by atoms with Crippen molar-refractivity contribution < 1.29 is 4.52 Å². The van der Waals surface area contributed by atoms with Crippen molar-refractivity contribution in [3.05, 3.63) is 5.89 Å². The molecule has 1 aromatic heterocycles. The van der Waals surface area contributed by atoms with Gasteiger partial charge in [0.2, 0.25) is 5.89 Å². The first kappa shape index (κ1) is 11.4. The molecule has 0 unspecified atom stereocenters. The molecule has 0 atom stereocenters. The largest absolute Gasteiger partial charge is 0.344 e. The van der Waals surface area contributed by atoms with E-state index in [1.54, 1.807) is 0 Å². The second kappa shape index (κ2) is 4.41. The molecule has 2 rings (SSSR count). The van der Waals surface area contributed by atoms with E-state index in [2.05, 4.69) is 10.1 Å². The predicted molar refractivity (Wildman–Crippen MR) is 62.4 cm³/mol. The fourth-order valence-electron chi connectivity index (χ4n) is 2.35. The van der Waals surface area contributed by atoms with Gasteiger partial charge in [-0.3, -0.25) is 0 Å². The van der Waals surface area contributed by atoms with Crippen LogP contribution in [0.15, 0.2) is 4.52 Å². The molecule has 2 N–H and O–H groups in total. The van der Waals surface area contributed by atoms with E-state index in [4.69, 9.17) is 10.3 Å². The fraction of sp³-hybridized carbons (Fsp3) is 0.818. The smallest absolute Gasteiger partial charge is 0.265 e. The summed E-state index contributed by atoms with van der Waals surface area (Å²) < 4.78 is 5.38. The molecule has 1 aliphatic rings. The molecule has 0 spiro atoms. The van der Waals surface area contributed by atoms with Crippen molar-refractivity contribution in [2.24, 2.45) is 5.73 Å². The highest BCUT2D eigenvalue weighted by atomic mass is 16.5. The summed E-state index contributed by atoms with van der Waals surface area (Å²) in [5.74, 6) is 1.35. The van der Waals surface area contributed by atoms with Crippen molar-refractivity contribution in [3.8, 4) is 0 Å². The number of hydrogen-bond donors (Lipinski definition) is 1. The summed E-state index contributed by atoms with van der Waals surface area (Å²) in [5, 5.41) is 3.97. The van der Waals surface area contributed by atoms with E-state index in [1.165, 1.54) is 19.3 Å². The zero-order valence-electron chi connectivity index (χ0n) is 10.1. The molecule has 5 heteroatoms. The summed E-state index contributed by atoms with van der Waals surface area (Å²) in [6.07, 6.45) is 5.83. The normalized spacial score (nSPS) is 19.7. The average Bonchev–Trinajstić information content (AvgIpc) is 2.80. The molecule has 0 saturated heterocycles. The third-order valence-corrected chi connectivity index (χ3v) is 3.47. The maximum absolute atomic E-state index is 5.91. The van der Waals surface area contributed by atoms with Gasteiger partial charge in [0.25, 0.3) is 5.95 Å². The highest BCUT2D eigenvalue weighted by Gasteiger charge is 2.38. The molecular formula is C11H20N4O. The quantitative estimate of drug-likeness (QED) is 0.838. The second-order valence-electron chi connectivity index (χ2n) is 4.84. The molecule has 0 bridgehead atoms. The summed E-state index contributed by atoms with van der Waals surface area (Å²) in [6, 6.07) is 0. The van der Waals surface area contributed by atoms with Crippen molar-refractivity contribution in [3.63, 3.8) is 0 Å². The van der Waals surface area contributed by atoms with Crippen molar-refractivity contribution in [1.82, 2.24) is 10.1 Å². The lowest BCUT2D eigenvalue weighted by Crippen LogP contribution is -2.37. The first-order chi connectivity index (χ1) is 7.68. The van der Waals surface area contributed by atoms with Gasteiger partial charge in [-0.2, -0.15) is 4.98 Å². The van der Waals surface area contributed by atoms with Crippen LogP contribution in [0.25, 0.3) is 0 Å². The van der Waals surface area contributed by atoms with E-state index in [1.807, 2.05) is 19.0 Å². The lowest BCUT2D eigenvalue weighted by molar-refractivity contribution is 0.220. The zero-order chi connectivity index (χ0) is 11.6. The Hall–Kier alpha value is -1.10. The summed E-state index contributed by atoms with van der Waals surface area (Å²) in [4.78, 5) is 6.29. The Morgan fingerprint density at radius 1 is 1.31 bits per heavy atom. The number of rotatable bonds is 3. The number of hydrogen-bond acceptors (Lipinski definition) is 5. The van der Waals surface area contributed by atoms with Crippen LogP contribution < -0.4 is 10.6 Å². The Labute approximate surface area is 96.0 Å². The van der Waals surface area contributed by atoms with Crippen LogP contribution in [0.4, 0.5) is 5.95 Å². The Bertz CT molecular complexity index is 342. The van der Waals surface area contributed by atoms with Crippen molar-refractivity contribution in [2.45, 2.75) is 37.5 Å². The average molecular weight is 224 g/mol. The first-order valence-corrected chi connectivity index (χ1v) is 5.89. The van der Waals surface area contributed by atoms with E-state index in [-0.39, 0.29) is 5.41 Å². The molecule has 1 heterocycles. The minimum absolute atomic E-state index is 0.0699. The van der Waals surface area contributed by atoms with Crippen LogP contribution in [-0.2, 0) is 5.41 Å². The van der Waals surface area contributed by atoms with Gasteiger partial charge in [-0.15, -0.1) is 0 Å². The number of aromatic nitrogens is 2. The number of nitrogens with two attached hydrogens (primary N) is 1. The van der Waals surface area contributed by atoms with Gasteiger partial charge in [0.15, 0.2) is 0 Å². The van der Waals surface area contributed by atoms with Crippen molar-refractivity contribution in [1.29, 1.82) is 0 Å². The summed E-state index contributed by atoms with van der Waals surface area (Å²) in [6.45, 7) is 0.599. The van der Waals surface area contributed by atoms with Crippen LogP contribution in [0.2, 0.25) is 0 Å². The van der Waals surface area contributed by atoms with E-state index in [0.29, 0.717) is 12.5 Å². The lowest BCUT2D eigenvalue weighted by Gasteiger charge is -2.32. The van der Waals surface area contributed by atoms with Crippen LogP contribution in [0.1, 0.15) is 38.0 Å². The molecule has 90 valence electrons. The van der Waals surface area contributed by atoms with Crippen LogP contribution in [0.3, 0.4) is 0 Å². The molecule has 5 nitrogen and oxygen atoms in total. The lowest BCUT2D eigenvalue weighted by atomic mass is 9.74. The molecule has 16 heavy (non-hydrogen) atoms. The zero-order valence-corrected chi connectivity index (χ0v) is 10.1. The fourth-order valence-corrected chi connectivity index (χ4v) is 2.35. The molecule has 0 radical (unpaired) electrons. The van der Waals surface area contributed by atoms with Gasteiger partial charge >= 0.3 is 0 Å². The SMILES string of the molecule is CN(C)c1noc(C2(CN)CCCCC2)n1. The summed E-state index contributed by atoms with van der Waals surface area (Å²) in [5.41, 5.74) is 5.84. The molecule has 0 amide bonds. The van der Waals surface area contributed by atoms with Crippen LogP contribution in [-0.4, -0.2) is 30.8 Å². The molecule has 0 aliphatic heterocycles. The van der Waals surface area contributed by atoms with Gasteiger partial charge in [-0.25, -0.2) is 0 Å². The number of nitrogens with zero attached hydrogens (tertiary/aromatic N) is 3. The van der Waals surface area contributed by atoms with Gasteiger partial charge in [0.05, 0.1) is 5.41 Å². The monoisotopic (exact) mass is 224 g/mol. The van der Waals surface area contributed by atoms with Crippen LogP contribution in [0.5, 0.6) is 0 Å². The summed E-state index contributed by atoms with van der Waals surface area (Å²) in [7, 11) is 3.81. The van der Waals surface area contributed by atoms with E-state index in [9.17, 15) is 0 Å². The molecular weight excluding hydrogens is 204 g/mol. The highest BCUT2D eigenvalue weighted by molar-refractivity contribution is 5.25. The number of anilines is 1. The topological polar surface area (TPSA) is 68.2 Å². The maximum atomic E-state index is 5.91. The third-order valence-electron chi connectivity index (χ3n) is 3.47. The minimum Gasteiger partial charge on any atom is -0.344 e.